The van der Waals surface area contributed by atoms with Crippen molar-refractivity contribution in [1.29, 1.82) is 0 Å². The third-order valence-electron chi connectivity index (χ3n) is 3.52. The molecule has 0 saturated carbocycles. The maximum Gasteiger partial charge on any atom is 0.127 e. The van der Waals surface area contributed by atoms with E-state index in [1.54, 1.807) is 6.07 Å². The summed E-state index contributed by atoms with van der Waals surface area (Å²) in [6, 6.07) is 5.62. The number of hydrogen-bond acceptors (Lipinski definition) is 1. The third kappa shape index (κ3) is 3.53. The van der Waals surface area contributed by atoms with Crippen molar-refractivity contribution in [1.82, 2.24) is 4.90 Å². The average Bonchev–Trinajstić information content (AvgIpc) is 2.83. The van der Waals surface area contributed by atoms with E-state index in [0.29, 0.717) is 0 Å². The molecule has 0 aliphatic carbocycles. The van der Waals surface area contributed by atoms with Gasteiger partial charge in [0, 0.05) is 12.1 Å². The van der Waals surface area contributed by atoms with Crippen molar-refractivity contribution in [2.24, 2.45) is 0 Å². The van der Waals surface area contributed by atoms with Crippen LogP contribution in [0.3, 0.4) is 0 Å². The van der Waals surface area contributed by atoms with Crippen LogP contribution < -0.4 is 0 Å². The predicted octanol–water partition coefficient (Wildman–Crippen LogP) is 3.76. The van der Waals surface area contributed by atoms with E-state index < -0.39 is 0 Å². The van der Waals surface area contributed by atoms with Crippen LogP contribution in [0.2, 0.25) is 0 Å². The van der Waals surface area contributed by atoms with Gasteiger partial charge >= 0.3 is 0 Å². The normalized spacial score (nSPS) is 16.6. The smallest absolute Gasteiger partial charge is 0.127 e. The second kappa shape index (κ2) is 6.15. The van der Waals surface area contributed by atoms with E-state index >= 15 is 0 Å². The van der Waals surface area contributed by atoms with Crippen molar-refractivity contribution in [3.8, 4) is 0 Å². The number of halogens is 1. The van der Waals surface area contributed by atoms with E-state index in [1.165, 1.54) is 31.2 Å². The Labute approximate surface area is 104 Å². The largest absolute Gasteiger partial charge is 0.299 e. The maximum absolute atomic E-state index is 13.7. The molecule has 2 heteroatoms. The van der Waals surface area contributed by atoms with Gasteiger partial charge in [0.15, 0.2) is 0 Å². The molecule has 1 aromatic rings. The highest BCUT2D eigenvalue weighted by atomic mass is 19.1. The fourth-order valence-corrected chi connectivity index (χ4v) is 2.47. The van der Waals surface area contributed by atoms with Crippen molar-refractivity contribution in [3.63, 3.8) is 0 Å². The molecule has 1 aromatic carbocycles. The highest BCUT2D eigenvalue weighted by Crippen LogP contribution is 2.17. The van der Waals surface area contributed by atoms with Crippen molar-refractivity contribution < 1.29 is 4.39 Å². The molecule has 1 fully saturated rings. The first-order valence-electron chi connectivity index (χ1n) is 6.79. The Morgan fingerprint density at radius 1 is 1.24 bits per heavy atom. The van der Waals surface area contributed by atoms with Crippen LogP contribution in [-0.4, -0.2) is 18.0 Å². The SMILES string of the molecule is CCCCc1ccc(F)c(CN2CCCC2)c1. The lowest BCUT2D eigenvalue weighted by Gasteiger charge is -2.15. The van der Waals surface area contributed by atoms with Crippen LogP contribution in [0, 0.1) is 5.82 Å². The maximum atomic E-state index is 13.7. The van der Waals surface area contributed by atoms with Crippen LogP contribution >= 0.6 is 0 Å². The average molecular weight is 235 g/mol. The zero-order chi connectivity index (χ0) is 12.1. The van der Waals surface area contributed by atoms with Crippen molar-refractivity contribution in [2.75, 3.05) is 13.1 Å². The number of unbranched alkanes of at least 4 members (excludes halogenated alkanes) is 1. The van der Waals surface area contributed by atoms with E-state index in [9.17, 15) is 4.39 Å². The molecule has 1 aliphatic rings. The van der Waals surface area contributed by atoms with Crippen molar-refractivity contribution in [2.45, 2.75) is 45.6 Å². The molecule has 1 saturated heterocycles. The second-order valence-electron chi connectivity index (χ2n) is 5.01. The van der Waals surface area contributed by atoms with Crippen molar-refractivity contribution >= 4 is 0 Å². The third-order valence-corrected chi connectivity index (χ3v) is 3.52. The van der Waals surface area contributed by atoms with Gasteiger partial charge in [0.1, 0.15) is 5.82 Å². The summed E-state index contributed by atoms with van der Waals surface area (Å²) in [7, 11) is 0. The number of likely N-dealkylation sites (tertiary alicyclic amines) is 1. The lowest BCUT2D eigenvalue weighted by molar-refractivity contribution is 0.325. The summed E-state index contributed by atoms with van der Waals surface area (Å²) in [5.41, 5.74) is 2.16. The Morgan fingerprint density at radius 3 is 2.71 bits per heavy atom. The number of aryl methyl sites for hydroxylation is 1. The molecule has 1 heterocycles. The molecule has 0 unspecified atom stereocenters. The monoisotopic (exact) mass is 235 g/mol. The van der Waals surface area contributed by atoms with Crippen LogP contribution in [-0.2, 0) is 13.0 Å². The van der Waals surface area contributed by atoms with Crippen LogP contribution in [0.4, 0.5) is 4.39 Å². The lowest BCUT2D eigenvalue weighted by atomic mass is 10.0. The Bertz CT molecular complexity index is 356. The van der Waals surface area contributed by atoms with Crippen LogP contribution in [0.25, 0.3) is 0 Å². The Balaban J connectivity index is 2.03. The first kappa shape index (κ1) is 12.6. The van der Waals surface area contributed by atoms with Crippen LogP contribution in [0.5, 0.6) is 0 Å². The predicted molar refractivity (Wildman–Crippen MR) is 69.5 cm³/mol. The van der Waals surface area contributed by atoms with E-state index in [4.69, 9.17) is 0 Å². The molecule has 17 heavy (non-hydrogen) atoms. The fraction of sp³-hybridized carbons (Fsp3) is 0.600. The van der Waals surface area contributed by atoms with Gasteiger partial charge < -0.3 is 0 Å². The minimum atomic E-state index is -0.0443. The van der Waals surface area contributed by atoms with Gasteiger partial charge in [-0.15, -0.1) is 0 Å². The molecule has 2 rings (SSSR count). The zero-order valence-corrected chi connectivity index (χ0v) is 10.7. The van der Waals surface area contributed by atoms with Gasteiger partial charge in [-0.1, -0.05) is 25.5 Å². The summed E-state index contributed by atoms with van der Waals surface area (Å²) in [6.07, 6.45) is 5.98. The highest BCUT2D eigenvalue weighted by molar-refractivity contribution is 5.25. The van der Waals surface area contributed by atoms with E-state index in [1.807, 2.05) is 6.07 Å². The van der Waals surface area contributed by atoms with Crippen LogP contribution in [0.1, 0.15) is 43.7 Å². The minimum absolute atomic E-state index is 0.0443. The topological polar surface area (TPSA) is 3.24 Å². The molecular formula is C15H22FN. The van der Waals surface area contributed by atoms with Gasteiger partial charge in [-0.05, 0) is 50.4 Å². The van der Waals surface area contributed by atoms with E-state index in [0.717, 1.165) is 31.6 Å². The second-order valence-corrected chi connectivity index (χ2v) is 5.01. The lowest BCUT2D eigenvalue weighted by Crippen LogP contribution is -2.19. The standard InChI is InChI=1S/C15H22FN/c1-2-3-6-13-7-8-15(16)14(11-13)12-17-9-4-5-10-17/h7-8,11H,2-6,9-10,12H2,1H3. The summed E-state index contributed by atoms with van der Waals surface area (Å²) in [6.45, 7) is 5.22. The zero-order valence-electron chi connectivity index (χ0n) is 10.7. The number of rotatable bonds is 5. The quantitative estimate of drug-likeness (QED) is 0.751. The summed E-state index contributed by atoms with van der Waals surface area (Å²) < 4.78 is 13.7. The number of hydrogen-bond donors (Lipinski definition) is 0. The summed E-state index contributed by atoms with van der Waals surface area (Å²) >= 11 is 0. The van der Waals surface area contributed by atoms with Gasteiger partial charge in [-0.3, -0.25) is 4.90 Å². The molecule has 0 amide bonds. The molecule has 0 bridgehead atoms. The van der Waals surface area contributed by atoms with Crippen LogP contribution in [0.15, 0.2) is 18.2 Å². The highest BCUT2D eigenvalue weighted by Gasteiger charge is 2.14. The fourth-order valence-electron chi connectivity index (χ4n) is 2.47. The molecule has 0 radical (unpaired) electrons. The molecule has 0 aromatic heterocycles. The Hall–Kier alpha value is -0.890. The minimum Gasteiger partial charge on any atom is -0.299 e. The number of benzene rings is 1. The first-order valence-corrected chi connectivity index (χ1v) is 6.79. The Morgan fingerprint density at radius 2 is 2.00 bits per heavy atom. The van der Waals surface area contributed by atoms with Gasteiger partial charge in [-0.2, -0.15) is 0 Å². The molecule has 1 nitrogen and oxygen atoms in total. The number of nitrogens with zero attached hydrogens (tertiary/aromatic N) is 1. The van der Waals surface area contributed by atoms with Gasteiger partial charge in [0.25, 0.3) is 0 Å². The summed E-state index contributed by atoms with van der Waals surface area (Å²) in [5.74, 6) is -0.0443. The molecule has 1 aliphatic heterocycles. The van der Waals surface area contributed by atoms with E-state index in [-0.39, 0.29) is 5.82 Å². The summed E-state index contributed by atoms with van der Waals surface area (Å²) in [4.78, 5) is 2.35. The molecular weight excluding hydrogens is 213 g/mol. The molecule has 0 N–H and O–H groups in total. The molecule has 0 atom stereocenters. The first-order chi connectivity index (χ1) is 8.29. The van der Waals surface area contributed by atoms with Gasteiger partial charge in [-0.25, -0.2) is 4.39 Å². The van der Waals surface area contributed by atoms with Gasteiger partial charge in [0.05, 0.1) is 0 Å². The molecule has 0 spiro atoms. The Kier molecular flexibility index (Phi) is 4.55. The van der Waals surface area contributed by atoms with Gasteiger partial charge in [0.2, 0.25) is 0 Å². The van der Waals surface area contributed by atoms with E-state index in [2.05, 4.69) is 17.9 Å². The van der Waals surface area contributed by atoms with Crippen molar-refractivity contribution in [3.05, 3.63) is 35.1 Å². The summed E-state index contributed by atoms with van der Waals surface area (Å²) in [5, 5.41) is 0. The molecule has 94 valence electrons.